The zero-order valence-electron chi connectivity index (χ0n) is 21.3. The van der Waals surface area contributed by atoms with E-state index in [0.717, 1.165) is 48.7 Å². The van der Waals surface area contributed by atoms with Crippen molar-refractivity contribution in [3.63, 3.8) is 0 Å². The number of alkyl halides is 1. The highest BCUT2D eigenvalue weighted by molar-refractivity contribution is 5.85. The molecule has 2 aromatic carbocycles. The number of H-pyrrole nitrogens is 1. The summed E-state index contributed by atoms with van der Waals surface area (Å²) in [5.41, 5.74) is 2.78. The van der Waals surface area contributed by atoms with Crippen LogP contribution >= 0.6 is 0 Å². The maximum atomic E-state index is 15.2. The van der Waals surface area contributed by atoms with Crippen molar-refractivity contribution in [2.45, 2.75) is 58.3 Å². The van der Waals surface area contributed by atoms with Crippen LogP contribution in [0.3, 0.4) is 0 Å². The van der Waals surface area contributed by atoms with Crippen molar-refractivity contribution in [2.24, 2.45) is 5.92 Å². The van der Waals surface area contributed by atoms with Crippen molar-refractivity contribution >= 4 is 10.9 Å². The van der Waals surface area contributed by atoms with Gasteiger partial charge in [-0.25, -0.2) is 8.78 Å². The number of nitrogens with zero attached hydrogens (tertiary/aromatic N) is 2. The normalized spacial score (nSPS) is 21.8. The first kappa shape index (κ1) is 24.3. The maximum absolute atomic E-state index is 15.2. The highest BCUT2D eigenvalue weighted by atomic mass is 19.1. The molecule has 0 bridgehead atoms. The van der Waals surface area contributed by atoms with Gasteiger partial charge in [0.2, 0.25) is 0 Å². The van der Waals surface area contributed by atoms with Gasteiger partial charge in [0.05, 0.1) is 6.04 Å². The quantitative estimate of drug-likeness (QED) is 0.421. The van der Waals surface area contributed by atoms with Crippen LogP contribution in [0.5, 0.6) is 5.75 Å². The van der Waals surface area contributed by atoms with Gasteiger partial charge in [0.1, 0.15) is 12.3 Å². The average Bonchev–Trinajstić information content (AvgIpc) is 3.14. The molecule has 35 heavy (non-hydrogen) atoms. The number of rotatable bonds is 8. The van der Waals surface area contributed by atoms with Crippen LogP contribution in [0.25, 0.3) is 10.9 Å². The minimum Gasteiger partial charge on any atom is -0.489 e. The predicted molar refractivity (Wildman–Crippen MR) is 137 cm³/mol. The van der Waals surface area contributed by atoms with Gasteiger partial charge in [0.25, 0.3) is 0 Å². The Hall–Kier alpha value is -2.44. The molecule has 0 radical (unpaired) electrons. The smallest absolute Gasteiger partial charge is 0.165 e. The van der Waals surface area contributed by atoms with E-state index in [1.165, 1.54) is 17.4 Å². The number of benzene rings is 2. The first-order chi connectivity index (χ1) is 16.7. The maximum Gasteiger partial charge on any atom is 0.165 e. The van der Waals surface area contributed by atoms with Crippen molar-refractivity contribution in [3.05, 3.63) is 65.1 Å². The van der Waals surface area contributed by atoms with Crippen molar-refractivity contribution < 1.29 is 13.5 Å². The number of likely N-dealkylation sites (tertiary alicyclic amines) is 1. The number of hydrogen-bond acceptors (Lipinski definition) is 3. The van der Waals surface area contributed by atoms with E-state index in [1.54, 1.807) is 26.0 Å². The molecular weight excluding hydrogens is 444 g/mol. The van der Waals surface area contributed by atoms with Gasteiger partial charge in [-0.3, -0.25) is 9.80 Å². The van der Waals surface area contributed by atoms with Gasteiger partial charge in [-0.05, 0) is 62.4 Å². The van der Waals surface area contributed by atoms with Crippen molar-refractivity contribution in [1.29, 1.82) is 0 Å². The molecule has 0 spiro atoms. The van der Waals surface area contributed by atoms with Crippen LogP contribution in [0.2, 0.25) is 0 Å². The van der Waals surface area contributed by atoms with Gasteiger partial charge in [-0.1, -0.05) is 37.6 Å². The highest BCUT2D eigenvalue weighted by Crippen LogP contribution is 2.42. The standard InChI is InChI=1S/C29H37F2N3O/c1-5-20-16-33(17-20)12-13-35-26-11-10-21(15-24(26)30)28-27-23(22-8-6-7-9-25(22)32-27)14-19(2)34(28)18-29(3,4)31/h6-11,15,19-20,28,32H,5,12-14,16-18H2,1-4H3/t19-,28+/m1/s1. The molecule has 1 saturated heterocycles. The number of hydrogen-bond donors (Lipinski definition) is 1. The van der Waals surface area contributed by atoms with E-state index < -0.39 is 5.67 Å². The number of aromatic amines is 1. The number of halogens is 2. The Bertz CT molecular complexity index is 1180. The first-order valence-electron chi connectivity index (χ1n) is 12.9. The van der Waals surface area contributed by atoms with Gasteiger partial charge in [-0.2, -0.15) is 0 Å². The van der Waals surface area contributed by atoms with Crippen LogP contribution in [0.4, 0.5) is 8.78 Å². The van der Waals surface area contributed by atoms with E-state index in [-0.39, 0.29) is 30.2 Å². The lowest BCUT2D eigenvalue weighted by Gasteiger charge is -2.43. The Morgan fingerprint density at radius 1 is 1.14 bits per heavy atom. The molecule has 2 atom stereocenters. The number of ether oxygens (including phenoxy) is 1. The summed E-state index contributed by atoms with van der Waals surface area (Å²) in [7, 11) is 0. The summed E-state index contributed by atoms with van der Waals surface area (Å²) in [6.07, 6.45) is 2.03. The topological polar surface area (TPSA) is 31.5 Å². The molecule has 0 aliphatic carbocycles. The second-order valence-electron chi connectivity index (χ2n) is 11.0. The van der Waals surface area contributed by atoms with Crippen LogP contribution in [-0.2, 0) is 6.42 Å². The summed E-state index contributed by atoms with van der Waals surface area (Å²) < 4.78 is 35.9. The van der Waals surface area contributed by atoms with Gasteiger partial charge in [-0.15, -0.1) is 0 Å². The molecule has 5 rings (SSSR count). The van der Waals surface area contributed by atoms with Crippen LogP contribution in [-0.4, -0.2) is 59.3 Å². The van der Waals surface area contributed by atoms with Gasteiger partial charge >= 0.3 is 0 Å². The molecule has 0 saturated carbocycles. The van der Waals surface area contributed by atoms with Crippen molar-refractivity contribution in [1.82, 2.24) is 14.8 Å². The van der Waals surface area contributed by atoms with Crippen LogP contribution < -0.4 is 4.74 Å². The van der Waals surface area contributed by atoms with Crippen LogP contribution in [0, 0.1) is 11.7 Å². The molecule has 1 aromatic heterocycles. The monoisotopic (exact) mass is 481 g/mol. The number of para-hydroxylation sites is 1. The van der Waals surface area contributed by atoms with E-state index in [4.69, 9.17) is 4.74 Å². The van der Waals surface area contributed by atoms with Gasteiger partial charge in [0.15, 0.2) is 11.6 Å². The molecule has 188 valence electrons. The van der Waals surface area contributed by atoms with Crippen molar-refractivity contribution in [2.75, 3.05) is 32.8 Å². The Morgan fingerprint density at radius 3 is 2.63 bits per heavy atom. The molecule has 1 fully saturated rings. The molecule has 0 amide bonds. The Labute approximate surface area is 207 Å². The Kier molecular flexibility index (Phi) is 6.62. The number of nitrogens with one attached hydrogen (secondary N) is 1. The summed E-state index contributed by atoms with van der Waals surface area (Å²) in [6, 6.07) is 13.3. The predicted octanol–water partition coefficient (Wildman–Crippen LogP) is 6.11. The zero-order chi connectivity index (χ0) is 24.7. The molecule has 4 nitrogen and oxygen atoms in total. The zero-order valence-corrected chi connectivity index (χ0v) is 21.3. The fourth-order valence-electron chi connectivity index (χ4n) is 5.75. The second kappa shape index (κ2) is 9.55. The third kappa shape index (κ3) is 4.96. The number of fused-ring (bicyclic) bond motifs is 3. The third-order valence-electron chi connectivity index (χ3n) is 7.62. The lowest BCUT2D eigenvalue weighted by atomic mass is 9.87. The first-order valence-corrected chi connectivity index (χ1v) is 12.9. The van der Waals surface area contributed by atoms with E-state index in [9.17, 15) is 4.39 Å². The molecule has 3 heterocycles. The lowest BCUT2D eigenvalue weighted by Crippen LogP contribution is -2.48. The minimum absolute atomic E-state index is 0.115. The van der Waals surface area contributed by atoms with E-state index in [0.29, 0.717) is 6.61 Å². The molecule has 6 heteroatoms. The SMILES string of the molecule is CCC1CN(CCOc2ccc([C@H]3c4[nH]c5ccccc5c4C[C@@H](C)N3CC(C)(C)F)cc2F)C1. The molecular formula is C29H37F2N3O. The molecule has 3 aromatic rings. The molecule has 2 aliphatic heterocycles. The fraction of sp³-hybridized carbons (Fsp3) is 0.517. The van der Waals surface area contributed by atoms with E-state index in [2.05, 4.69) is 40.8 Å². The third-order valence-corrected chi connectivity index (χ3v) is 7.62. The largest absolute Gasteiger partial charge is 0.489 e. The summed E-state index contributed by atoms with van der Waals surface area (Å²) in [4.78, 5) is 8.09. The number of aromatic nitrogens is 1. The molecule has 0 unspecified atom stereocenters. The van der Waals surface area contributed by atoms with E-state index >= 15 is 4.39 Å². The van der Waals surface area contributed by atoms with Gasteiger partial charge < -0.3 is 9.72 Å². The average molecular weight is 482 g/mol. The highest BCUT2D eigenvalue weighted by Gasteiger charge is 2.38. The summed E-state index contributed by atoms with van der Waals surface area (Å²) >= 11 is 0. The molecule has 2 aliphatic rings. The minimum atomic E-state index is -1.37. The summed E-state index contributed by atoms with van der Waals surface area (Å²) in [6.45, 7) is 11.3. The van der Waals surface area contributed by atoms with Crippen LogP contribution in [0.1, 0.15) is 57.0 Å². The Morgan fingerprint density at radius 2 is 1.91 bits per heavy atom. The van der Waals surface area contributed by atoms with Crippen LogP contribution in [0.15, 0.2) is 42.5 Å². The van der Waals surface area contributed by atoms with E-state index in [1.807, 2.05) is 18.2 Å². The Balaban J connectivity index is 1.42. The van der Waals surface area contributed by atoms with Gasteiger partial charge in [0, 0.05) is 48.8 Å². The fourth-order valence-corrected chi connectivity index (χ4v) is 5.75. The molecule has 1 N–H and O–H groups in total. The summed E-state index contributed by atoms with van der Waals surface area (Å²) in [5.74, 6) is 0.697. The lowest BCUT2D eigenvalue weighted by molar-refractivity contribution is 0.0665. The van der Waals surface area contributed by atoms with Crippen molar-refractivity contribution in [3.8, 4) is 5.75 Å². The summed E-state index contributed by atoms with van der Waals surface area (Å²) in [5, 5.41) is 1.19. The second-order valence-corrected chi connectivity index (χ2v) is 11.0.